The number of rotatable bonds is 3. The summed E-state index contributed by atoms with van der Waals surface area (Å²) in [6, 6.07) is 0. The molecule has 0 spiro atoms. The number of anilines is 1. The van der Waals surface area contributed by atoms with Crippen molar-refractivity contribution < 1.29 is 27.9 Å². The quantitative estimate of drug-likeness (QED) is 0.818. The minimum Gasteiger partial charge on any atom is -0.390 e. The molecule has 4 heterocycles. The molecule has 2 aliphatic heterocycles. The van der Waals surface area contributed by atoms with Gasteiger partial charge in [0.25, 0.3) is 11.8 Å². The number of hydrogen-bond donors (Lipinski definition) is 1. The van der Waals surface area contributed by atoms with E-state index in [9.17, 15) is 18.7 Å². The second-order valence-corrected chi connectivity index (χ2v) is 7.65. The highest BCUT2D eigenvalue weighted by Crippen LogP contribution is 2.38. The van der Waals surface area contributed by atoms with Crippen molar-refractivity contribution in [1.29, 1.82) is 0 Å². The van der Waals surface area contributed by atoms with Crippen LogP contribution in [0.15, 0.2) is 4.52 Å². The monoisotopic (exact) mass is 416 g/mol. The largest absolute Gasteiger partial charge is 0.390 e. The molecule has 2 unspecified atom stereocenters. The van der Waals surface area contributed by atoms with E-state index < -0.39 is 31.5 Å². The van der Waals surface area contributed by atoms with Crippen molar-refractivity contribution >= 4 is 34.3 Å². The Balaban J connectivity index is 1.74. The molecule has 152 valence electrons. The maximum atomic E-state index is 13.1. The minimum absolute atomic E-state index is 0.0485. The first kappa shape index (κ1) is 19.3. The van der Waals surface area contributed by atoms with Gasteiger partial charge in [-0.3, -0.25) is 4.79 Å². The number of aliphatic hydroxyl groups excluding tert-OH is 1. The number of amides is 1. The van der Waals surface area contributed by atoms with Crippen LogP contribution in [0.5, 0.6) is 0 Å². The minimum atomic E-state index is -2.90. The Labute approximate surface area is 164 Å². The van der Waals surface area contributed by atoms with Gasteiger partial charge in [0.1, 0.15) is 10.5 Å². The normalized spacial score (nSPS) is 24.5. The first-order valence-corrected chi connectivity index (χ1v) is 9.24. The number of aliphatic hydroxyl groups is 1. The molecule has 8 nitrogen and oxygen atoms in total. The lowest BCUT2D eigenvalue weighted by atomic mass is 10.1. The lowest BCUT2D eigenvalue weighted by molar-refractivity contribution is -0.113. The zero-order chi connectivity index (χ0) is 20.2. The Morgan fingerprint density at radius 3 is 2.54 bits per heavy atom. The summed E-state index contributed by atoms with van der Waals surface area (Å²) >= 11 is 6.53. The number of morpholine rings is 1. The molecule has 1 N–H and O–H groups in total. The average Bonchev–Trinajstić information content (AvgIpc) is 3.02. The molecule has 2 fully saturated rings. The number of fused-ring (bicyclic) bond motifs is 1. The summed E-state index contributed by atoms with van der Waals surface area (Å²) in [6.07, 6.45) is -0.107. The number of hydrogen-bond acceptors (Lipinski definition) is 7. The van der Waals surface area contributed by atoms with Crippen molar-refractivity contribution in [2.24, 2.45) is 0 Å². The number of carbonyl (C=O) groups is 1. The van der Waals surface area contributed by atoms with Crippen molar-refractivity contribution in [3.05, 3.63) is 16.4 Å². The molecule has 11 heteroatoms. The Kier molecular flexibility index (Phi) is 4.67. The van der Waals surface area contributed by atoms with Crippen molar-refractivity contribution in [1.82, 2.24) is 15.0 Å². The van der Waals surface area contributed by atoms with E-state index in [2.05, 4.69) is 10.1 Å². The lowest BCUT2D eigenvalue weighted by Gasteiger charge is -2.38. The van der Waals surface area contributed by atoms with Crippen molar-refractivity contribution in [2.45, 2.75) is 38.6 Å². The molecule has 2 aliphatic rings. The molecular weight excluding hydrogens is 398 g/mol. The SMILES string of the molecule is CC1CN(c2c(CO)nc3c(C(=O)N4CC(F)(F)C4)noc3c2Cl)CC(C)O1. The van der Waals surface area contributed by atoms with Gasteiger partial charge in [-0.15, -0.1) is 0 Å². The van der Waals surface area contributed by atoms with Gasteiger partial charge >= 0.3 is 0 Å². The Hall–Kier alpha value is -2.04. The summed E-state index contributed by atoms with van der Waals surface area (Å²) < 4.78 is 37.1. The lowest BCUT2D eigenvalue weighted by Crippen LogP contribution is -2.58. The second-order valence-electron chi connectivity index (χ2n) is 7.27. The van der Waals surface area contributed by atoms with Gasteiger partial charge in [-0.05, 0) is 13.8 Å². The van der Waals surface area contributed by atoms with E-state index in [1.165, 1.54) is 0 Å². The highest BCUT2D eigenvalue weighted by Gasteiger charge is 2.47. The third kappa shape index (κ3) is 3.19. The van der Waals surface area contributed by atoms with Crippen LogP contribution in [-0.4, -0.2) is 70.4 Å². The zero-order valence-electron chi connectivity index (χ0n) is 15.3. The summed E-state index contributed by atoms with van der Waals surface area (Å²) in [6.45, 7) is 3.14. The molecule has 1 amide bonds. The molecular formula is C17H19ClF2N4O4. The molecule has 2 saturated heterocycles. The number of halogens is 3. The molecule has 0 bridgehead atoms. The fraction of sp³-hybridized carbons (Fsp3) is 0.588. The first-order valence-electron chi connectivity index (χ1n) is 8.86. The van der Waals surface area contributed by atoms with Crippen LogP contribution in [0, 0.1) is 0 Å². The van der Waals surface area contributed by atoms with E-state index >= 15 is 0 Å². The van der Waals surface area contributed by atoms with Gasteiger partial charge in [0, 0.05) is 13.1 Å². The van der Waals surface area contributed by atoms with Gasteiger partial charge in [-0.1, -0.05) is 16.8 Å². The first-order chi connectivity index (χ1) is 13.2. The number of aromatic nitrogens is 2. The van der Waals surface area contributed by atoms with E-state index in [0.29, 0.717) is 18.8 Å². The van der Waals surface area contributed by atoms with Gasteiger partial charge in [0.05, 0.1) is 43.3 Å². The van der Waals surface area contributed by atoms with Gasteiger partial charge in [-0.25, -0.2) is 13.8 Å². The molecule has 0 saturated carbocycles. The smallest absolute Gasteiger partial charge is 0.282 e. The zero-order valence-corrected chi connectivity index (χ0v) is 16.0. The summed E-state index contributed by atoms with van der Waals surface area (Å²) in [5, 5.41) is 13.7. The molecule has 2 aromatic rings. The predicted octanol–water partition coefficient (Wildman–Crippen LogP) is 2.07. The van der Waals surface area contributed by atoms with Crippen LogP contribution in [0.25, 0.3) is 11.1 Å². The van der Waals surface area contributed by atoms with Crippen LogP contribution in [0.3, 0.4) is 0 Å². The average molecular weight is 417 g/mol. The maximum Gasteiger partial charge on any atom is 0.282 e. The number of pyridine rings is 1. The number of alkyl halides is 2. The summed E-state index contributed by atoms with van der Waals surface area (Å²) in [5.74, 6) is -3.61. The van der Waals surface area contributed by atoms with E-state index in [1.54, 1.807) is 0 Å². The van der Waals surface area contributed by atoms with Crippen LogP contribution in [-0.2, 0) is 11.3 Å². The van der Waals surface area contributed by atoms with Crippen molar-refractivity contribution in [3.63, 3.8) is 0 Å². The fourth-order valence-corrected chi connectivity index (χ4v) is 4.05. The van der Waals surface area contributed by atoms with Gasteiger partial charge in [0.15, 0.2) is 5.69 Å². The second kappa shape index (κ2) is 6.78. The van der Waals surface area contributed by atoms with Crippen molar-refractivity contribution in [2.75, 3.05) is 31.1 Å². The Morgan fingerprint density at radius 2 is 1.96 bits per heavy atom. The summed E-state index contributed by atoms with van der Waals surface area (Å²) in [4.78, 5) is 19.7. The number of nitrogens with zero attached hydrogens (tertiary/aromatic N) is 4. The number of carbonyl (C=O) groups excluding carboxylic acids is 1. The summed E-state index contributed by atoms with van der Waals surface area (Å²) in [5.41, 5.74) is 0.676. The van der Waals surface area contributed by atoms with E-state index in [-0.39, 0.29) is 39.7 Å². The van der Waals surface area contributed by atoms with Crippen LogP contribution < -0.4 is 4.90 Å². The molecule has 28 heavy (non-hydrogen) atoms. The molecule has 0 aliphatic carbocycles. The molecule has 4 rings (SSSR count). The molecule has 2 aromatic heterocycles. The summed E-state index contributed by atoms with van der Waals surface area (Å²) in [7, 11) is 0. The maximum absolute atomic E-state index is 13.1. The third-order valence-electron chi connectivity index (χ3n) is 4.81. The van der Waals surface area contributed by atoms with Crippen LogP contribution in [0.2, 0.25) is 5.02 Å². The molecule has 2 atom stereocenters. The topological polar surface area (TPSA) is 91.9 Å². The highest BCUT2D eigenvalue weighted by molar-refractivity contribution is 6.37. The van der Waals surface area contributed by atoms with Gasteiger partial charge < -0.3 is 24.2 Å². The van der Waals surface area contributed by atoms with Crippen molar-refractivity contribution in [3.8, 4) is 0 Å². The standard InChI is InChI=1S/C17H19ClF2N4O4/c1-8-3-23(4-9(2)27-8)14-10(5-25)21-12-13(22-28-15(12)11(14)18)16(26)24-6-17(19,20)7-24/h8-9,25H,3-7H2,1-2H3. The van der Waals surface area contributed by atoms with Gasteiger partial charge in [0.2, 0.25) is 5.58 Å². The van der Waals surface area contributed by atoms with E-state index in [1.807, 2.05) is 18.7 Å². The van der Waals surface area contributed by atoms with Crippen LogP contribution in [0.1, 0.15) is 30.0 Å². The fourth-order valence-electron chi connectivity index (χ4n) is 3.69. The van der Waals surface area contributed by atoms with Gasteiger partial charge in [-0.2, -0.15) is 0 Å². The molecule has 0 radical (unpaired) electrons. The number of likely N-dealkylation sites (tertiary alicyclic amines) is 1. The van der Waals surface area contributed by atoms with E-state index in [0.717, 1.165) is 4.90 Å². The number of ether oxygens (including phenoxy) is 1. The Bertz CT molecular complexity index is 920. The predicted molar refractivity (Wildman–Crippen MR) is 95.8 cm³/mol. The van der Waals surface area contributed by atoms with Crippen LogP contribution >= 0.6 is 11.6 Å². The third-order valence-corrected chi connectivity index (χ3v) is 5.17. The Morgan fingerprint density at radius 1 is 1.32 bits per heavy atom. The molecule has 0 aromatic carbocycles. The highest BCUT2D eigenvalue weighted by atomic mass is 35.5. The van der Waals surface area contributed by atoms with E-state index in [4.69, 9.17) is 20.9 Å². The van der Waals surface area contributed by atoms with Crippen LogP contribution in [0.4, 0.5) is 14.5 Å².